The maximum atomic E-state index is 12.6. The summed E-state index contributed by atoms with van der Waals surface area (Å²) in [6.07, 6.45) is -0.121. The fourth-order valence-electron chi connectivity index (χ4n) is 3.12. The predicted octanol–water partition coefficient (Wildman–Crippen LogP) is -1.76. The number of cyclic esters (lactones) is 1. The zero-order chi connectivity index (χ0) is 20.4. The van der Waals surface area contributed by atoms with E-state index in [9.17, 15) is 24.6 Å². The van der Waals surface area contributed by atoms with Crippen LogP contribution in [0.25, 0.3) is 0 Å². The Morgan fingerprint density at radius 2 is 2.00 bits per heavy atom. The number of carbonyl (C=O) groups excluding carboxylic acids is 3. The van der Waals surface area contributed by atoms with Crippen molar-refractivity contribution in [3.05, 3.63) is 63.7 Å². The fourth-order valence-corrected chi connectivity index (χ4v) is 3.40. The molecule has 146 valence electrons. The molecule has 0 saturated heterocycles. The van der Waals surface area contributed by atoms with E-state index >= 15 is 0 Å². The number of phenolic OH excluding ortho intramolecular Hbond substituents is 1. The molecule has 0 fully saturated rings. The molecule has 3 rings (SSSR count). The van der Waals surface area contributed by atoms with Crippen LogP contribution >= 0.6 is 11.6 Å². The van der Waals surface area contributed by atoms with Gasteiger partial charge in [-0.2, -0.15) is 0 Å². The molecule has 1 aliphatic heterocycles. The van der Waals surface area contributed by atoms with Gasteiger partial charge in [-0.1, -0.05) is 41.9 Å². The summed E-state index contributed by atoms with van der Waals surface area (Å²) in [7, 11) is 0. The normalized spacial score (nSPS) is 16.1. The number of benzene rings is 2. The van der Waals surface area contributed by atoms with Crippen molar-refractivity contribution in [1.29, 1.82) is 0 Å². The van der Waals surface area contributed by atoms with Crippen molar-refractivity contribution in [2.24, 2.45) is 0 Å². The molecule has 1 amide bonds. The standard InChI is InChI=1S/C20H18ClNO6.Na/c1-10-7-12-14(21)9-13(17(23)16(12)20(27)28-10)18(24)22-15(19(25)26)8-11-5-3-2-4-6-11;/h2-6,9-10,15,23H,7-8H2,1H3,(H,22,24)(H,25,26);/q;+1/p-1/t10-,15+;/m1./s1. The number of esters is 1. The summed E-state index contributed by atoms with van der Waals surface area (Å²) in [6.45, 7) is 1.68. The number of aromatic hydroxyl groups is 1. The maximum absolute atomic E-state index is 12.6. The van der Waals surface area contributed by atoms with Gasteiger partial charge in [-0.25, -0.2) is 4.79 Å². The van der Waals surface area contributed by atoms with Crippen molar-refractivity contribution in [2.45, 2.75) is 31.9 Å². The van der Waals surface area contributed by atoms with Crippen LogP contribution in [0.3, 0.4) is 0 Å². The van der Waals surface area contributed by atoms with Gasteiger partial charge < -0.3 is 25.1 Å². The van der Waals surface area contributed by atoms with Gasteiger partial charge in [0.25, 0.3) is 5.91 Å². The van der Waals surface area contributed by atoms with Crippen LogP contribution in [0.5, 0.6) is 5.75 Å². The molecule has 0 aliphatic carbocycles. The van der Waals surface area contributed by atoms with E-state index in [1.165, 1.54) is 6.07 Å². The molecule has 2 aromatic rings. The van der Waals surface area contributed by atoms with E-state index in [0.717, 1.165) is 0 Å². The molecule has 9 heteroatoms. The van der Waals surface area contributed by atoms with Gasteiger partial charge in [0, 0.05) is 11.4 Å². The first-order chi connectivity index (χ1) is 13.3. The molecule has 0 radical (unpaired) electrons. The van der Waals surface area contributed by atoms with E-state index < -0.39 is 35.7 Å². The molecule has 7 nitrogen and oxygen atoms in total. The van der Waals surface area contributed by atoms with E-state index in [0.29, 0.717) is 17.5 Å². The first kappa shape index (κ1) is 23.2. The molecule has 2 atom stereocenters. The van der Waals surface area contributed by atoms with E-state index in [4.69, 9.17) is 16.3 Å². The first-order valence-corrected chi connectivity index (χ1v) is 8.96. The number of fused-ring (bicyclic) bond motifs is 1. The average molecular weight is 426 g/mol. The summed E-state index contributed by atoms with van der Waals surface area (Å²) >= 11 is 6.20. The summed E-state index contributed by atoms with van der Waals surface area (Å²) in [6, 6.07) is 8.57. The summed E-state index contributed by atoms with van der Waals surface area (Å²) in [5, 5.41) is 24.3. The summed E-state index contributed by atoms with van der Waals surface area (Å²) in [4.78, 5) is 36.2. The van der Waals surface area contributed by atoms with Crippen molar-refractivity contribution in [1.82, 2.24) is 5.32 Å². The van der Waals surface area contributed by atoms with Crippen LogP contribution in [0.4, 0.5) is 0 Å². The summed E-state index contributed by atoms with van der Waals surface area (Å²) in [5.74, 6) is -3.75. The Morgan fingerprint density at radius 3 is 2.62 bits per heavy atom. The molecule has 1 aliphatic rings. The van der Waals surface area contributed by atoms with Crippen molar-refractivity contribution in [3.63, 3.8) is 0 Å². The van der Waals surface area contributed by atoms with Gasteiger partial charge in [0.05, 0.1) is 17.6 Å². The second-order valence-corrected chi connectivity index (χ2v) is 6.97. The van der Waals surface area contributed by atoms with Gasteiger partial charge in [0.2, 0.25) is 0 Å². The molecule has 0 aromatic heterocycles. The number of phenols is 1. The monoisotopic (exact) mass is 425 g/mol. The molecule has 29 heavy (non-hydrogen) atoms. The van der Waals surface area contributed by atoms with E-state index in [1.54, 1.807) is 37.3 Å². The molecule has 1 heterocycles. The minimum atomic E-state index is -1.48. The Morgan fingerprint density at radius 1 is 1.34 bits per heavy atom. The van der Waals surface area contributed by atoms with Crippen LogP contribution in [-0.2, 0) is 22.4 Å². The summed E-state index contributed by atoms with van der Waals surface area (Å²) in [5.41, 5.74) is 0.584. The number of rotatable bonds is 5. The number of aliphatic carboxylic acids is 1. The average Bonchev–Trinajstić information content (AvgIpc) is 2.64. The molecular weight excluding hydrogens is 409 g/mol. The number of carboxylic acids is 1. The number of hydrogen-bond acceptors (Lipinski definition) is 6. The van der Waals surface area contributed by atoms with Gasteiger partial charge in [0.15, 0.2) is 0 Å². The van der Waals surface area contributed by atoms with Crippen molar-refractivity contribution >= 4 is 29.4 Å². The molecule has 2 aromatic carbocycles. The van der Waals surface area contributed by atoms with E-state index in [1.807, 2.05) is 0 Å². The van der Waals surface area contributed by atoms with Crippen LogP contribution in [0.15, 0.2) is 36.4 Å². The van der Waals surface area contributed by atoms with Crippen LogP contribution in [0.1, 0.15) is 38.8 Å². The molecule has 0 unspecified atom stereocenters. The minimum absolute atomic E-state index is 0. The third-order valence-electron chi connectivity index (χ3n) is 4.47. The number of carboxylic acid groups (broad SMARTS) is 1. The third-order valence-corrected chi connectivity index (χ3v) is 4.81. The van der Waals surface area contributed by atoms with Gasteiger partial charge in [-0.3, -0.25) is 4.79 Å². The number of ether oxygens (including phenoxy) is 1. The van der Waals surface area contributed by atoms with Crippen LogP contribution in [-0.4, -0.2) is 35.1 Å². The molecular formula is C20H17ClNNaO6. The van der Waals surface area contributed by atoms with Crippen molar-refractivity contribution < 1.29 is 58.9 Å². The quantitative estimate of drug-likeness (QED) is 0.433. The fraction of sp³-hybridized carbons (Fsp3) is 0.250. The second kappa shape index (κ2) is 9.63. The zero-order valence-electron chi connectivity index (χ0n) is 15.9. The minimum Gasteiger partial charge on any atom is -0.548 e. The van der Waals surface area contributed by atoms with E-state index in [2.05, 4.69) is 5.32 Å². The largest absolute Gasteiger partial charge is 1.00 e. The molecule has 0 bridgehead atoms. The Labute approximate surface area is 194 Å². The summed E-state index contributed by atoms with van der Waals surface area (Å²) < 4.78 is 5.09. The molecule has 2 N–H and O–H groups in total. The second-order valence-electron chi connectivity index (χ2n) is 6.56. The van der Waals surface area contributed by atoms with Crippen LogP contribution in [0.2, 0.25) is 5.02 Å². The first-order valence-electron chi connectivity index (χ1n) is 8.59. The predicted molar refractivity (Wildman–Crippen MR) is 98.1 cm³/mol. The van der Waals surface area contributed by atoms with Gasteiger partial charge >= 0.3 is 35.5 Å². The van der Waals surface area contributed by atoms with Gasteiger partial charge in [-0.15, -0.1) is 0 Å². The number of carbonyl (C=O) groups is 3. The molecule has 0 spiro atoms. The topological polar surface area (TPSA) is 116 Å². The van der Waals surface area contributed by atoms with Crippen molar-refractivity contribution in [3.8, 4) is 5.75 Å². The smallest absolute Gasteiger partial charge is 0.548 e. The Kier molecular flexibility index (Phi) is 7.71. The van der Waals surface area contributed by atoms with Crippen LogP contribution in [0, 0.1) is 0 Å². The van der Waals surface area contributed by atoms with Crippen molar-refractivity contribution in [2.75, 3.05) is 0 Å². The molecule has 0 saturated carbocycles. The van der Waals surface area contributed by atoms with Gasteiger partial charge in [-0.05, 0) is 30.5 Å². The Balaban J connectivity index is 0.00000300. The van der Waals surface area contributed by atoms with Gasteiger partial charge in [0.1, 0.15) is 17.4 Å². The number of halogens is 1. The Hall–Kier alpha value is -2.06. The number of hydrogen-bond donors (Lipinski definition) is 2. The third kappa shape index (κ3) is 5.11. The number of nitrogens with one attached hydrogen (secondary N) is 1. The van der Waals surface area contributed by atoms with E-state index in [-0.39, 0.29) is 52.1 Å². The SMILES string of the molecule is C[C@@H]1Cc2c(Cl)cc(C(=O)N[C@@H](Cc3ccccc3)C(=O)[O-])c(O)c2C(=O)O1.[Na+]. The zero-order valence-corrected chi connectivity index (χ0v) is 18.7. The number of amides is 1. The maximum Gasteiger partial charge on any atom is 1.00 e. The van der Waals surface area contributed by atoms with Crippen LogP contribution < -0.4 is 40.0 Å². The Bertz CT molecular complexity index is 950.